The Morgan fingerprint density at radius 1 is 1.64 bits per heavy atom. The standard InChI is InChI=1S/C7H9O2.HI.Zn/c1-3-4-5-6-7(8)9-2;;/h1,3-4H2,2H3;1H;/q-1;;+2/p-1. The van der Waals surface area contributed by atoms with Crippen LogP contribution in [0.15, 0.2) is 0 Å². The number of halogens is 1. The summed E-state index contributed by atoms with van der Waals surface area (Å²) in [5.74, 6) is 4.40. The van der Waals surface area contributed by atoms with Crippen molar-refractivity contribution in [1.82, 2.24) is 0 Å². The van der Waals surface area contributed by atoms with Gasteiger partial charge in [0.15, 0.2) is 0 Å². The second kappa shape index (κ2) is 13.0. The second-order valence-electron chi connectivity index (χ2n) is 1.40. The topological polar surface area (TPSA) is 26.3 Å². The molecule has 4 heteroatoms. The predicted octanol–water partition coefficient (Wildman–Crippen LogP) is -2.22. The molecule has 0 bridgehead atoms. The molecule has 0 aliphatic rings. The quantitative estimate of drug-likeness (QED) is 0.137. The minimum absolute atomic E-state index is 0. The molecular weight excluding hydrogens is 308 g/mol. The van der Waals surface area contributed by atoms with E-state index in [4.69, 9.17) is 0 Å². The molecule has 11 heavy (non-hydrogen) atoms. The summed E-state index contributed by atoms with van der Waals surface area (Å²) in [6.07, 6.45) is 1.37. The third-order valence-electron chi connectivity index (χ3n) is 0.678. The van der Waals surface area contributed by atoms with E-state index < -0.39 is 5.97 Å². The number of ether oxygens (including phenoxy) is 1. The van der Waals surface area contributed by atoms with Gasteiger partial charge in [-0.3, -0.25) is 0 Å². The fraction of sp³-hybridized carbons (Fsp3) is 0.429. The first-order valence-corrected chi connectivity index (χ1v) is 2.67. The monoisotopic (exact) mass is 316 g/mol. The van der Waals surface area contributed by atoms with E-state index in [1.807, 2.05) is 0 Å². The van der Waals surface area contributed by atoms with Gasteiger partial charge in [-0.25, -0.2) is 4.79 Å². The summed E-state index contributed by atoms with van der Waals surface area (Å²) in [6.45, 7) is 3.55. The molecule has 0 aromatic heterocycles. The number of carbonyl (C=O) groups is 1. The van der Waals surface area contributed by atoms with Crippen molar-refractivity contribution in [2.45, 2.75) is 12.8 Å². The Morgan fingerprint density at radius 3 is 2.55 bits per heavy atom. The third-order valence-corrected chi connectivity index (χ3v) is 0.678. The van der Waals surface area contributed by atoms with E-state index in [0.29, 0.717) is 6.42 Å². The smallest absolute Gasteiger partial charge is 1.00 e. The van der Waals surface area contributed by atoms with Crippen molar-refractivity contribution >= 4 is 5.97 Å². The summed E-state index contributed by atoms with van der Waals surface area (Å²) in [5, 5.41) is 0. The molecule has 0 aromatic carbocycles. The van der Waals surface area contributed by atoms with Crippen LogP contribution < -0.4 is 24.0 Å². The minimum Gasteiger partial charge on any atom is -1.00 e. The van der Waals surface area contributed by atoms with Gasteiger partial charge in [-0.1, -0.05) is 5.92 Å². The maximum Gasteiger partial charge on any atom is 2.00 e. The average Bonchev–Trinajstić information content (AvgIpc) is 1.89. The Morgan fingerprint density at radius 2 is 2.18 bits per heavy atom. The molecule has 58 valence electrons. The molecular formula is C7H9IO2Zn. The van der Waals surface area contributed by atoms with Gasteiger partial charge in [0, 0.05) is 5.92 Å². The van der Waals surface area contributed by atoms with Crippen LogP contribution in [0.4, 0.5) is 0 Å². The number of methoxy groups -OCH3 is 1. The average molecular weight is 317 g/mol. The Balaban J connectivity index is -0.000000320. The first kappa shape index (κ1) is 17.5. The minimum atomic E-state index is -0.483. The molecule has 0 atom stereocenters. The summed E-state index contributed by atoms with van der Waals surface area (Å²) >= 11 is 0. The Labute approximate surface area is 97.2 Å². The van der Waals surface area contributed by atoms with Crippen LogP contribution in [0, 0.1) is 18.8 Å². The number of rotatable bonds is 1. The maximum absolute atomic E-state index is 10.3. The number of esters is 1. The molecule has 0 fully saturated rings. The Bertz CT molecular complexity index is 148. The first-order chi connectivity index (χ1) is 4.31. The van der Waals surface area contributed by atoms with Crippen molar-refractivity contribution in [2.24, 2.45) is 0 Å². The van der Waals surface area contributed by atoms with E-state index >= 15 is 0 Å². The van der Waals surface area contributed by atoms with Crippen molar-refractivity contribution in [3.8, 4) is 11.8 Å². The van der Waals surface area contributed by atoms with Gasteiger partial charge in [0.05, 0.1) is 7.11 Å². The molecule has 0 heterocycles. The van der Waals surface area contributed by atoms with Gasteiger partial charge < -0.3 is 35.6 Å². The van der Waals surface area contributed by atoms with Crippen LogP contribution in [0.25, 0.3) is 0 Å². The van der Waals surface area contributed by atoms with Gasteiger partial charge in [0.25, 0.3) is 0 Å². The molecule has 0 unspecified atom stereocenters. The van der Waals surface area contributed by atoms with Gasteiger partial charge >= 0.3 is 25.4 Å². The summed E-state index contributed by atoms with van der Waals surface area (Å²) in [4.78, 5) is 10.3. The summed E-state index contributed by atoms with van der Waals surface area (Å²) in [5.41, 5.74) is 0. The molecule has 0 N–H and O–H groups in total. The zero-order valence-electron chi connectivity index (χ0n) is 6.52. The van der Waals surface area contributed by atoms with Crippen LogP contribution in [-0.4, -0.2) is 13.1 Å². The summed E-state index contributed by atoms with van der Waals surface area (Å²) < 4.78 is 4.26. The third kappa shape index (κ3) is 13.4. The van der Waals surface area contributed by atoms with Gasteiger partial charge in [-0.05, 0) is 6.42 Å². The normalized spacial score (nSPS) is 6.00. The van der Waals surface area contributed by atoms with E-state index in [0.717, 1.165) is 6.42 Å². The number of hydrogen-bond donors (Lipinski definition) is 0. The molecule has 2 nitrogen and oxygen atoms in total. The van der Waals surface area contributed by atoms with Crippen LogP contribution in [0.5, 0.6) is 0 Å². The van der Waals surface area contributed by atoms with Crippen molar-refractivity contribution in [3.05, 3.63) is 6.92 Å². The van der Waals surface area contributed by atoms with E-state index in [-0.39, 0.29) is 43.5 Å². The molecule has 0 aliphatic carbocycles. The first-order valence-electron chi connectivity index (χ1n) is 2.67. The van der Waals surface area contributed by atoms with E-state index in [9.17, 15) is 4.79 Å². The molecule has 0 radical (unpaired) electrons. The zero-order chi connectivity index (χ0) is 7.11. The predicted molar refractivity (Wildman–Crippen MR) is 34.4 cm³/mol. The fourth-order valence-electron chi connectivity index (χ4n) is 0.274. The Kier molecular flexibility index (Phi) is 20.7. The van der Waals surface area contributed by atoms with Gasteiger partial charge in [0.1, 0.15) is 0 Å². The van der Waals surface area contributed by atoms with Crippen LogP contribution in [0.3, 0.4) is 0 Å². The zero-order valence-corrected chi connectivity index (χ0v) is 11.6. The van der Waals surface area contributed by atoms with Gasteiger partial charge in [0.2, 0.25) is 0 Å². The van der Waals surface area contributed by atoms with E-state index in [1.165, 1.54) is 7.11 Å². The second-order valence-corrected chi connectivity index (χ2v) is 1.40. The van der Waals surface area contributed by atoms with E-state index in [1.54, 1.807) is 0 Å². The summed E-state index contributed by atoms with van der Waals surface area (Å²) in [6, 6.07) is 0. The van der Waals surface area contributed by atoms with Crippen molar-refractivity contribution in [1.29, 1.82) is 0 Å². The summed E-state index contributed by atoms with van der Waals surface area (Å²) in [7, 11) is 1.31. The molecule has 0 saturated carbocycles. The number of hydrogen-bond acceptors (Lipinski definition) is 2. The van der Waals surface area contributed by atoms with Crippen molar-refractivity contribution < 1.29 is 53.0 Å². The fourth-order valence-corrected chi connectivity index (χ4v) is 0.274. The molecule has 0 spiro atoms. The largest absolute Gasteiger partial charge is 2.00 e. The molecule has 0 aliphatic heterocycles. The van der Waals surface area contributed by atoms with Crippen LogP contribution in [0.1, 0.15) is 12.8 Å². The SMILES string of the molecule is [CH2-]CCC#CC(=O)OC.[I-].[Zn+2]. The van der Waals surface area contributed by atoms with Crippen LogP contribution in [0.2, 0.25) is 0 Å². The van der Waals surface area contributed by atoms with Crippen LogP contribution >= 0.6 is 0 Å². The van der Waals surface area contributed by atoms with Crippen LogP contribution in [-0.2, 0) is 29.0 Å². The number of unbranched alkanes of at least 4 members (excludes halogenated alkanes) is 1. The van der Waals surface area contributed by atoms with E-state index in [2.05, 4.69) is 23.5 Å². The van der Waals surface area contributed by atoms with Gasteiger partial charge in [-0.15, -0.1) is 0 Å². The molecule has 0 amide bonds. The van der Waals surface area contributed by atoms with Crippen molar-refractivity contribution in [2.75, 3.05) is 7.11 Å². The molecule has 0 aromatic rings. The number of carbonyl (C=O) groups excluding carboxylic acids is 1. The molecule has 0 saturated heterocycles. The maximum atomic E-state index is 10.3. The van der Waals surface area contributed by atoms with Crippen molar-refractivity contribution in [3.63, 3.8) is 0 Å². The Hall–Kier alpha value is 0.383. The van der Waals surface area contributed by atoms with Gasteiger partial charge in [-0.2, -0.15) is 6.42 Å². The molecule has 0 rings (SSSR count).